The summed E-state index contributed by atoms with van der Waals surface area (Å²) in [6, 6.07) is 0. The van der Waals surface area contributed by atoms with E-state index in [4.69, 9.17) is 0 Å². The zero-order chi connectivity index (χ0) is 8.69. The molecule has 11 heavy (non-hydrogen) atoms. The lowest BCUT2D eigenvalue weighted by Crippen LogP contribution is -1.96. The molecule has 0 fully saturated rings. The highest BCUT2D eigenvalue weighted by atomic mass is 16.1. The van der Waals surface area contributed by atoms with Gasteiger partial charge in [0.05, 0.1) is 0 Å². The third kappa shape index (κ3) is 7.57. The van der Waals surface area contributed by atoms with Crippen LogP contribution in [0.5, 0.6) is 0 Å². The maximum Gasteiger partial charge on any atom is 0.129 e. The molecule has 0 aliphatic rings. The van der Waals surface area contributed by atoms with Gasteiger partial charge in [0.25, 0.3) is 0 Å². The first-order valence-electron chi connectivity index (χ1n) is 4.66. The predicted octanol–water partition coefficient (Wildman–Crippen LogP) is 3.18. The fourth-order valence-corrected chi connectivity index (χ4v) is 1.34. The molecule has 0 rings (SSSR count). The van der Waals surface area contributed by atoms with Crippen LogP contribution in [-0.4, -0.2) is 5.78 Å². The number of Topliss-reactive ketones (excluding diaryl/α,β-unsaturated/α-hetero) is 1. The molecule has 0 aliphatic heterocycles. The standard InChI is InChI=1S/C10H20O/c1-4-6-9(2)7-5-8-10(3)11/h9H,4-8H2,1-3H3. The van der Waals surface area contributed by atoms with E-state index < -0.39 is 0 Å². The van der Waals surface area contributed by atoms with Crippen molar-refractivity contribution in [1.29, 1.82) is 0 Å². The number of carbonyl (C=O) groups is 1. The zero-order valence-corrected chi connectivity index (χ0v) is 8.02. The smallest absolute Gasteiger partial charge is 0.129 e. The number of rotatable bonds is 6. The second-order valence-corrected chi connectivity index (χ2v) is 3.49. The molecule has 66 valence electrons. The van der Waals surface area contributed by atoms with Gasteiger partial charge in [0.2, 0.25) is 0 Å². The summed E-state index contributed by atoms with van der Waals surface area (Å²) in [5.41, 5.74) is 0. The van der Waals surface area contributed by atoms with Gasteiger partial charge in [-0.3, -0.25) is 0 Å². The minimum absolute atomic E-state index is 0.327. The summed E-state index contributed by atoms with van der Waals surface area (Å²) in [6.07, 6.45) is 5.64. The van der Waals surface area contributed by atoms with Crippen LogP contribution in [0, 0.1) is 5.92 Å². The minimum atomic E-state index is 0.327. The Morgan fingerprint density at radius 2 is 2.00 bits per heavy atom. The summed E-state index contributed by atoms with van der Waals surface area (Å²) in [4.78, 5) is 10.6. The van der Waals surface area contributed by atoms with Crippen LogP contribution in [0.25, 0.3) is 0 Å². The van der Waals surface area contributed by atoms with Gasteiger partial charge in [-0.05, 0) is 19.3 Å². The molecule has 0 aromatic rings. The highest BCUT2D eigenvalue weighted by molar-refractivity contribution is 5.75. The molecule has 1 unspecified atom stereocenters. The second-order valence-electron chi connectivity index (χ2n) is 3.49. The minimum Gasteiger partial charge on any atom is -0.300 e. The molecular formula is C10H20O. The fraction of sp³-hybridized carbons (Fsp3) is 0.900. The van der Waals surface area contributed by atoms with E-state index in [9.17, 15) is 4.79 Å². The highest BCUT2D eigenvalue weighted by Gasteiger charge is 2.00. The molecule has 0 saturated heterocycles. The summed E-state index contributed by atoms with van der Waals surface area (Å²) in [5, 5.41) is 0. The van der Waals surface area contributed by atoms with Gasteiger partial charge in [-0.1, -0.05) is 33.1 Å². The normalized spacial score (nSPS) is 13.0. The van der Waals surface area contributed by atoms with Crippen LogP contribution in [0.15, 0.2) is 0 Å². The van der Waals surface area contributed by atoms with Crippen molar-refractivity contribution < 1.29 is 4.79 Å². The van der Waals surface area contributed by atoms with Crippen LogP contribution in [-0.2, 0) is 4.79 Å². The van der Waals surface area contributed by atoms with Gasteiger partial charge in [-0.2, -0.15) is 0 Å². The number of hydrogen-bond donors (Lipinski definition) is 0. The van der Waals surface area contributed by atoms with Crippen molar-refractivity contribution in [2.24, 2.45) is 5.92 Å². The average Bonchev–Trinajstić information content (AvgIpc) is 1.87. The molecule has 0 spiro atoms. The van der Waals surface area contributed by atoms with E-state index in [1.807, 2.05) is 0 Å². The van der Waals surface area contributed by atoms with E-state index in [-0.39, 0.29) is 0 Å². The first-order chi connectivity index (χ1) is 5.16. The Morgan fingerprint density at radius 3 is 2.45 bits per heavy atom. The van der Waals surface area contributed by atoms with Crippen LogP contribution >= 0.6 is 0 Å². The van der Waals surface area contributed by atoms with Crippen LogP contribution in [0.4, 0.5) is 0 Å². The molecule has 0 radical (unpaired) electrons. The monoisotopic (exact) mass is 156 g/mol. The topological polar surface area (TPSA) is 17.1 Å². The van der Waals surface area contributed by atoms with Gasteiger partial charge in [-0.15, -0.1) is 0 Å². The van der Waals surface area contributed by atoms with Crippen molar-refractivity contribution in [3.8, 4) is 0 Å². The van der Waals surface area contributed by atoms with Crippen LogP contribution < -0.4 is 0 Å². The Bertz CT molecular complexity index is 107. The SMILES string of the molecule is CCCC(C)CCCC(C)=O. The maximum absolute atomic E-state index is 10.6. The number of hydrogen-bond acceptors (Lipinski definition) is 1. The van der Waals surface area contributed by atoms with E-state index >= 15 is 0 Å². The molecule has 0 aromatic heterocycles. The molecule has 0 N–H and O–H groups in total. The molecule has 1 nitrogen and oxygen atoms in total. The van der Waals surface area contributed by atoms with Crippen molar-refractivity contribution in [1.82, 2.24) is 0 Å². The first-order valence-corrected chi connectivity index (χ1v) is 4.66. The highest BCUT2D eigenvalue weighted by Crippen LogP contribution is 2.13. The molecule has 1 heteroatoms. The summed E-state index contributed by atoms with van der Waals surface area (Å²) >= 11 is 0. The molecule has 0 bridgehead atoms. The van der Waals surface area contributed by atoms with E-state index in [0.717, 1.165) is 18.8 Å². The predicted molar refractivity (Wildman–Crippen MR) is 48.6 cm³/mol. The van der Waals surface area contributed by atoms with E-state index in [1.165, 1.54) is 19.3 Å². The molecule has 0 amide bonds. The maximum atomic E-state index is 10.6. The van der Waals surface area contributed by atoms with E-state index in [2.05, 4.69) is 13.8 Å². The zero-order valence-electron chi connectivity index (χ0n) is 8.02. The Morgan fingerprint density at radius 1 is 1.36 bits per heavy atom. The lowest BCUT2D eigenvalue weighted by atomic mass is 9.99. The molecular weight excluding hydrogens is 136 g/mol. The fourth-order valence-electron chi connectivity index (χ4n) is 1.34. The molecule has 1 atom stereocenters. The quantitative estimate of drug-likeness (QED) is 0.577. The Balaban J connectivity index is 3.16. The summed E-state index contributed by atoms with van der Waals surface area (Å²) in [7, 11) is 0. The molecule has 0 aromatic carbocycles. The summed E-state index contributed by atoms with van der Waals surface area (Å²) in [5.74, 6) is 1.13. The third-order valence-corrected chi connectivity index (χ3v) is 2.01. The van der Waals surface area contributed by atoms with Gasteiger partial charge in [0, 0.05) is 6.42 Å². The summed E-state index contributed by atoms with van der Waals surface area (Å²) < 4.78 is 0. The van der Waals surface area contributed by atoms with Crippen molar-refractivity contribution in [2.75, 3.05) is 0 Å². The lowest BCUT2D eigenvalue weighted by molar-refractivity contribution is -0.117. The second kappa shape index (κ2) is 6.38. The number of carbonyl (C=O) groups excluding carboxylic acids is 1. The van der Waals surface area contributed by atoms with Gasteiger partial charge >= 0.3 is 0 Å². The van der Waals surface area contributed by atoms with Gasteiger partial charge in [0.1, 0.15) is 5.78 Å². The average molecular weight is 156 g/mol. The first kappa shape index (κ1) is 10.7. The van der Waals surface area contributed by atoms with E-state index in [0.29, 0.717) is 5.78 Å². The number of ketones is 1. The Hall–Kier alpha value is -0.330. The molecule has 0 heterocycles. The van der Waals surface area contributed by atoms with E-state index in [1.54, 1.807) is 6.92 Å². The van der Waals surface area contributed by atoms with Crippen molar-refractivity contribution in [2.45, 2.75) is 52.9 Å². The Kier molecular flexibility index (Phi) is 6.19. The Labute approximate surface area is 70.2 Å². The van der Waals surface area contributed by atoms with Gasteiger partial charge in [0.15, 0.2) is 0 Å². The van der Waals surface area contributed by atoms with Crippen molar-refractivity contribution >= 4 is 5.78 Å². The summed E-state index contributed by atoms with van der Waals surface area (Å²) in [6.45, 7) is 6.15. The largest absolute Gasteiger partial charge is 0.300 e. The van der Waals surface area contributed by atoms with Crippen molar-refractivity contribution in [3.05, 3.63) is 0 Å². The van der Waals surface area contributed by atoms with Gasteiger partial charge in [-0.25, -0.2) is 0 Å². The lowest BCUT2D eigenvalue weighted by Gasteiger charge is -2.07. The molecule has 0 saturated carbocycles. The third-order valence-electron chi connectivity index (χ3n) is 2.01. The molecule has 0 aliphatic carbocycles. The van der Waals surface area contributed by atoms with Crippen LogP contribution in [0.3, 0.4) is 0 Å². The van der Waals surface area contributed by atoms with Crippen LogP contribution in [0.1, 0.15) is 52.9 Å². The van der Waals surface area contributed by atoms with Crippen molar-refractivity contribution in [3.63, 3.8) is 0 Å². The van der Waals surface area contributed by atoms with Gasteiger partial charge < -0.3 is 4.79 Å². The van der Waals surface area contributed by atoms with Crippen LogP contribution in [0.2, 0.25) is 0 Å².